The monoisotopic (exact) mass is 272 g/mol. The molecule has 1 aromatic carbocycles. The maximum Gasteiger partial charge on any atom is 0.167 e. The molecule has 0 heterocycles. The van der Waals surface area contributed by atoms with Crippen LogP contribution in [0.15, 0.2) is 24.3 Å². The molecule has 1 aliphatic carbocycles. The van der Waals surface area contributed by atoms with Crippen molar-refractivity contribution in [2.75, 3.05) is 0 Å². The Morgan fingerprint density at radius 1 is 1.10 bits per heavy atom. The highest BCUT2D eigenvalue weighted by atomic mass is 16.1. The molecular formula is C17H20O3. The summed E-state index contributed by atoms with van der Waals surface area (Å²) in [5.41, 5.74) is 1.16. The summed E-state index contributed by atoms with van der Waals surface area (Å²) in [7, 11) is 0. The van der Waals surface area contributed by atoms with Crippen LogP contribution in [0.3, 0.4) is 0 Å². The SMILES string of the molecule is CC(=O)CCCCCC1CC(=O)c2ccccc2C1=O. The minimum atomic E-state index is -0.172. The summed E-state index contributed by atoms with van der Waals surface area (Å²) < 4.78 is 0. The Bertz CT molecular complexity index is 531. The quantitative estimate of drug-likeness (QED) is 0.743. The van der Waals surface area contributed by atoms with Crippen molar-refractivity contribution in [3.63, 3.8) is 0 Å². The van der Waals surface area contributed by atoms with Gasteiger partial charge in [-0.15, -0.1) is 0 Å². The number of hydrogen-bond donors (Lipinski definition) is 0. The van der Waals surface area contributed by atoms with E-state index in [1.54, 1.807) is 31.2 Å². The Balaban J connectivity index is 1.90. The number of fused-ring (bicyclic) bond motifs is 1. The number of unbranched alkanes of at least 4 members (excludes halogenated alkanes) is 2. The zero-order valence-corrected chi connectivity index (χ0v) is 11.9. The lowest BCUT2D eigenvalue weighted by Gasteiger charge is -2.22. The lowest BCUT2D eigenvalue weighted by Crippen LogP contribution is -2.26. The third-order valence-corrected chi connectivity index (χ3v) is 3.88. The fourth-order valence-corrected chi connectivity index (χ4v) is 2.76. The predicted molar refractivity (Wildman–Crippen MR) is 77.0 cm³/mol. The minimum Gasteiger partial charge on any atom is -0.300 e. The van der Waals surface area contributed by atoms with Gasteiger partial charge < -0.3 is 4.79 Å². The second kappa shape index (κ2) is 6.60. The normalized spacial score (nSPS) is 17.9. The van der Waals surface area contributed by atoms with E-state index < -0.39 is 0 Å². The Labute approximate surface area is 119 Å². The summed E-state index contributed by atoms with van der Waals surface area (Å²) in [6, 6.07) is 7.08. The number of hydrogen-bond acceptors (Lipinski definition) is 3. The first-order chi connectivity index (χ1) is 9.59. The molecule has 106 valence electrons. The molecule has 0 aromatic heterocycles. The van der Waals surface area contributed by atoms with Gasteiger partial charge in [-0.25, -0.2) is 0 Å². The van der Waals surface area contributed by atoms with Crippen molar-refractivity contribution < 1.29 is 14.4 Å². The second-order valence-electron chi connectivity index (χ2n) is 5.54. The molecule has 1 atom stereocenters. The molecule has 0 radical (unpaired) electrons. The van der Waals surface area contributed by atoms with Gasteiger partial charge in [0.2, 0.25) is 0 Å². The van der Waals surface area contributed by atoms with Gasteiger partial charge in [0, 0.05) is 29.9 Å². The number of ketones is 3. The molecule has 1 aromatic rings. The van der Waals surface area contributed by atoms with Crippen LogP contribution in [0.1, 0.15) is 66.2 Å². The molecule has 20 heavy (non-hydrogen) atoms. The average Bonchev–Trinajstić information content (AvgIpc) is 2.43. The molecule has 0 bridgehead atoms. The number of carbonyl (C=O) groups is 3. The van der Waals surface area contributed by atoms with E-state index in [0.717, 1.165) is 25.7 Å². The van der Waals surface area contributed by atoms with Crippen LogP contribution in [-0.2, 0) is 4.79 Å². The first-order valence-electron chi connectivity index (χ1n) is 7.25. The number of Topliss-reactive ketones (excluding diaryl/α,β-unsaturated/α-hetero) is 3. The van der Waals surface area contributed by atoms with Crippen molar-refractivity contribution in [1.29, 1.82) is 0 Å². The van der Waals surface area contributed by atoms with Crippen LogP contribution in [0.2, 0.25) is 0 Å². The first kappa shape index (κ1) is 14.6. The molecule has 2 rings (SSSR count). The third-order valence-electron chi connectivity index (χ3n) is 3.88. The largest absolute Gasteiger partial charge is 0.300 e. The highest BCUT2D eigenvalue weighted by molar-refractivity contribution is 6.14. The van der Waals surface area contributed by atoms with Gasteiger partial charge in [-0.3, -0.25) is 9.59 Å². The van der Waals surface area contributed by atoms with Gasteiger partial charge in [-0.1, -0.05) is 37.1 Å². The molecular weight excluding hydrogens is 252 g/mol. The van der Waals surface area contributed by atoms with E-state index in [4.69, 9.17) is 0 Å². The topological polar surface area (TPSA) is 51.2 Å². The van der Waals surface area contributed by atoms with E-state index in [2.05, 4.69) is 0 Å². The molecule has 3 nitrogen and oxygen atoms in total. The van der Waals surface area contributed by atoms with Crippen LogP contribution in [0.5, 0.6) is 0 Å². The van der Waals surface area contributed by atoms with Crippen LogP contribution in [0.4, 0.5) is 0 Å². The van der Waals surface area contributed by atoms with Gasteiger partial charge in [-0.2, -0.15) is 0 Å². The van der Waals surface area contributed by atoms with Crippen LogP contribution in [-0.4, -0.2) is 17.3 Å². The summed E-state index contributed by atoms with van der Waals surface area (Å²) in [5, 5.41) is 0. The highest BCUT2D eigenvalue weighted by Crippen LogP contribution is 2.28. The Kier molecular flexibility index (Phi) is 4.83. The minimum absolute atomic E-state index is 0.0777. The summed E-state index contributed by atoms with van der Waals surface area (Å²) >= 11 is 0. The van der Waals surface area contributed by atoms with Crippen LogP contribution in [0, 0.1) is 5.92 Å². The molecule has 1 unspecified atom stereocenters. The van der Waals surface area contributed by atoms with E-state index in [1.165, 1.54) is 0 Å². The summed E-state index contributed by atoms with van der Waals surface area (Å²) in [6.07, 6.45) is 4.42. The van der Waals surface area contributed by atoms with Crippen molar-refractivity contribution in [3.05, 3.63) is 35.4 Å². The Morgan fingerprint density at radius 3 is 2.50 bits per heavy atom. The van der Waals surface area contributed by atoms with Crippen LogP contribution in [0.25, 0.3) is 0 Å². The number of rotatable bonds is 6. The molecule has 1 aliphatic rings. The van der Waals surface area contributed by atoms with Crippen LogP contribution < -0.4 is 0 Å². The zero-order chi connectivity index (χ0) is 14.5. The number of benzene rings is 1. The maximum atomic E-state index is 12.3. The van der Waals surface area contributed by atoms with E-state index in [-0.39, 0.29) is 23.3 Å². The average molecular weight is 272 g/mol. The third kappa shape index (κ3) is 3.41. The Morgan fingerprint density at radius 2 is 1.80 bits per heavy atom. The molecule has 0 saturated carbocycles. The molecule has 0 amide bonds. The summed E-state index contributed by atoms with van der Waals surface area (Å²) in [6.45, 7) is 1.60. The smallest absolute Gasteiger partial charge is 0.167 e. The van der Waals surface area contributed by atoms with Crippen molar-refractivity contribution in [1.82, 2.24) is 0 Å². The van der Waals surface area contributed by atoms with Crippen molar-refractivity contribution in [2.24, 2.45) is 5.92 Å². The molecule has 0 saturated heterocycles. The fraction of sp³-hybridized carbons (Fsp3) is 0.471. The summed E-state index contributed by atoms with van der Waals surface area (Å²) in [5.74, 6) is 0.221. The second-order valence-corrected chi connectivity index (χ2v) is 5.54. The molecule has 3 heteroatoms. The van der Waals surface area contributed by atoms with Crippen molar-refractivity contribution >= 4 is 17.3 Å². The molecule has 0 N–H and O–H groups in total. The maximum absolute atomic E-state index is 12.3. The van der Waals surface area contributed by atoms with Gasteiger partial charge in [-0.05, 0) is 19.8 Å². The van der Waals surface area contributed by atoms with E-state index in [1.807, 2.05) is 0 Å². The van der Waals surface area contributed by atoms with Gasteiger partial charge in [0.05, 0.1) is 0 Å². The van der Waals surface area contributed by atoms with Gasteiger partial charge >= 0.3 is 0 Å². The first-order valence-corrected chi connectivity index (χ1v) is 7.25. The van der Waals surface area contributed by atoms with Gasteiger partial charge in [0.1, 0.15) is 5.78 Å². The lowest BCUT2D eigenvalue weighted by molar-refractivity contribution is -0.117. The van der Waals surface area contributed by atoms with E-state index in [9.17, 15) is 14.4 Å². The fourth-order valence-electron chi connectivity index (χ4n) is 2.76. The number of carbonyl (C=O) groups excluding carboxylic acids is 3. The van der Waals surface area contributed by atoms with Crippen LogP contribution >= 0.6 is 0 Å². The standard InChI is InChI=1S/C17H20O3/c1-12(18)7-3-2-4-8-13-11-16(19)14-9-5-6-10-15(14)17(13)20/h5-6,9-10,13H,2-4,7-8,11H2,1H3. The van der Waals surface area contributed by atoms with Crippen molar-refractivity contribution in [3.8, 4) is 0 Å². The highest BCUT2D eigenvalue weighted by Gasteiger charge is 2.31. The lowest BCUT2D eigenvalue weighted by atomic mass is 9.79. The van der Waals surface area contributed by atoms with E-state index in [0.29, 0.717) is 24.0 Å². The van der Waals surface area contributed by atoms with Gasteiger partial charge in [0.15, 0.2) is 11.6 Å². The predicted octanol–water partition coefficient (Wildman–Crippen LogP) is 3.61. The van der Waals surface area contributed by atoms with Crippen molar-refractivity contribution in [2.45, 2.75) is 45.4 Å². The molecule has 0 spiro atoms. The Hall–Kier alpha value is -1.77. The zero-order valence-electron chi connectivity index (χ0n) is 11.9. The van der Waals surface area contributed by atoms with E-state index >= 15 is 0 Å². The molecule has 0 fully saturated rings. The molecule has 0 aliphatic heterocycles. The summed E-state index contributed by atoms with van der Waals surface area (Å²) in [4.78, 5) is 35.2. The van der Waals surface area contributed by atoms with Gasteiger partial charge in [0.25, 0.3) is 0 Å².